The highest BCUT2D eigenvalue weighted by Gasteiger charge is 2.55. The van der Waals surface area contributed by atoms with Crippen LogP contribution in [0, 0.1) is 5.41 Å². The number of amides is 3. The normalized spacial score (nSPS) is 24.1. The van der Waals surface area contributed by atoms with E-state index in [0.717, 1.165) is 0 Å². The van der Waals surface area contributed by atoms with Crippen LogP contribution in [0.3, 0.4) is 0 Å². The number of rotatable bonds is 9. The number of carbonyl (C=O) groups is 4. The molecule has 44 heavy (non-hydrogen) atoms. The fourth-order valence-electron chi connectivity index (χ4n) is 5.38. The summed E-state index contributed by atoms with van der Waals surface area (Å²) in [5.41, 5.74) is -4.84. The number of likely N-dealkylation sites (tertiary alicyclic amines) is 1. The maximum absolute atomic E-state index is 13.6. The smallest absolute Gasteiger partial charge is 0.457 e. The van der Waals surface area contributed by atoms with Gasteiger partial charge in [-0.05, 0) is 87.4 Å². The lowest BCUT2D eigenvalue weighted by Gasteiger charge is -2.35. The van der Waals surface area contributed by atoms with Gasteiger partial charge in [-0.25, -0.2) is 14.4 Å². The standard InChI is InChI=1S/C31H56BN3O9/c1-26(2,3)21(34-24(39)41-27(4,5)6)22(36)33-20-18-31(23(37)38,35(19-20)25(40)42-28(7,8)9)16-14-15-17-32-43-29(10,11)30(12,13)44-32/h20-21H,14-19H2,1-13H3,(H,33,36)(H,34,39)(H,37,38)/t20?,21-,31?/m1/s1. The quantitative estimate of drug-likeness (QED) is 0.234. The molecular formula is C31H56BN3O9. The monoisotopic (exact) mass is 625 g/mol. The maximum atomic E-state index is 13.6. The summed E-state index contributed by atoms with van der Waals surface area (Å²) < 4.78 is 23.1. The zero-order chi connectivity index (χ0) is 34.1. The van der Waals surface area contributed by atoms with E-state index in [1.54, 1.807) is 62.3 Å². The third-order valence-corrected chi connectivity index (χ3v) is 8.23. The van der Waals surface area contributed by atoms with E-state index < -0.39 is 76.6 Å². The summed E-state index contributed by atoms with van der Waals surface area (Å²) in [5.74, 6) is -1.67. The molecule has 2 fully saturated rings. The molecule has 3 N–H and O–H groups in total. The van der Waals surface area contributed by atoms with Crippen molar-refractivity contribution in [1.82, 2.24) is 15.5 Å². The van der Waals surface area contributed by atoms with Gasteiger partial charge in [0, 0.05) is 19.0 Å². The summed E-state index contributed by atoms with van der Waals surface area (Å²) in [5, 5.41) is 16.1. The van der Waals surface area contributed by atoms with Crippen molar-refractivity contribution < 1.29 is 43.1 Å². The first-order chi connectivity index (χ1) is 19.7. The van der Waals surface area contributed by atoms with Crippen molar-refractivity contribution >= 4 is 31.2 Å². The topological polar surface area (TPSA) is 153 Å². The summed E-state index contributed by atoms with van der Waals surface area (Å²) in [6.07, 6.45) is 0.272. The van der Waals surface area contributed by atoms with Crippen LogP contribution in [-0.2, 0) is 28.4 Å². The highest BCUT2D eigenvalue weighted by molar-refractivity contribution is 6.45. The van der Waals surface area contributed by atoms with E-state index in [2.05, 4.69) is 10.6 Å². The van der Waals surface area contributed by atoms with Crippen molar-refractivity contribution in [3.63, 3.8) is 0 Å². The Morgan fingerprint density at radius 1 is 0.909 bits per heavy atom. The molecule has 2 unspecified atom stereocenters. The average molecular weight is 626 g/mol. The lowest BCUT2D eigenvalue weighted by Crippen LogP contribution is -2.56. The zero-order valence-electron chi connectivity index (χ0n) is 29.1. The molecule has 0 aromatic carbocycles. The number of hydrogen-bond acceptors (Lipinski definition) is 8. The number of hydrogen-bond donors (Lipinski definition) is 3. The minimum absolute atomic E-state index is 0.0207. The Morgan fingerprint density at radius 3 is 1.89 bits per heavy atom. The summed E-state index contributed by atoms with van der Waals surface area (Å²) in [6.45, 7) is 23.6. The van der Waals surface area contributed by atoms with Crippen LogP contribution < -0.4 is 10.6 Å². The van der Waals surface area contributed by atoms with Crippen LogP contribution in [0.5, 0.6) is 0 Å². The first-order valence-electron chi connectivity index (χ1n) is 15.6. The Bertz CT molecular complexity index is 1060. The van der Waals surface area contributed by atoms with Crippen molar-refractivity contribution in [2.45, 2.75) is 162 Å². The Balaban J connectivity index is 2.24. The summed E-state index contributed by atoms with van der Waals surface area (Å²) in [4.78, 5) is 53.7. The SMILES string of the molecule is CC(C)(C)OC(=O)N[C@H](C(=O)NC1CN(C(=O)OC(C)(C)C)C(CCCCB2OC(C)(C)C(C)(C)O2)(C(=O)O)C1)C(C)(C)C. The van der Waals surface area contributed by atoms with Crippen molar-refractivity contribution in [2.75, 3.05) is 6.54 Å². The Morgan fingerprint density at radius 2 is 1.43 bits per heavy atom. The van der Waals surface area contributed by atoms with Gasteiger partial charge in [0.25, 0.3) is 0 Å². The average Bonchev–Trinajstić information content (AvgIpc) is 3.25. The zero-order valence-corrected chi connectivity index (χ0v) is 29.1. The molecule has 0 saturated carbocycles. The van der Waals surface area contributed by atoms with Crippen LogP contribution >= 0.6 is 0 Å². The number of nitrogens with zero attached hydrogens (tertiary/aromatic N) is 1. The van der Waals surface area contributed by atoms with Gasteiger partial charge in [-0.15, -0.1) is 0 Å². The van der Waals surface area contributed by atoms with Crippen LogP contribution in [0.25, 0.3) is 0 Å². The molecule has 2 saturated heterocycles. The highest BCUT2D eigenvalue weighted by Crippen LogP contribution is 2.40. The van der Waals surface area contributed by atoms with E-state index >= 15 is 0 Å². The van der Waals surface area contributed by atoms with Crippen LogP contribution in [-0.4, -0.2) is 87.8 Å². The Kier molecular flexibility index (Phi) is 11.2. The molecule has 0 aromatic heterocycles. The number of aliphatic carboxylic acids is 1. The number of unbranched alkanes of at least 4 members (excludes halogenated alkanes) is 1. The van der Waals surface area contributed by atoms with E-state index in [-0.39, 0.29) is 19.4 Å². The number of alkyl carbamates (subject to hydrolysis) is 1. The van der Waals surface area contributed by atoms with E-state index in [9.17, 15) is 24.3 Å². The predicted molar refractivity (Wildman–Crippen MR) is 167 cm³/mol. The molecule has 0 aliphatic carbocycles. The molecule has 2 rings (SSSR count). The minimum atomic E-state index is -1.61. The van der Waals surface area contributed by atoms with E-state index in [1.165, 1.54) is 4.90 Å². The van der Waals surface area contributed by atoms with Crippen LogP contribution in [0.2, 0.25) is 6.32 Å². The molecule has 0 spiro atoms. The third kappa shape index (κ3) is 9.73. The number of ether oxygens (including phenoxy) is 2. The molecular weight excluding hydrogens is 569 g/mol. The number of carbonyl (C=O) groups excluding carboxylic acids is 3. The van der Waals surface area contributed by atoms with Crippen LogP contribution in [0.4, 0.5) is 9.59 Å². The van der Waals surface area contributed by atoms with Gasteiger partial charge >= 0.3 is 25.3 Å². The fraction of sp³-hybridized carbons (Fsp3) is 0.871. The molecule has 13 heteroatoms. The summed E-state index contributed by atoms with van der Waals surface area (Å²) >= 11 is 0. The van der Waals surface area contributed by atoms with E-state index in [1.807, 2.05) is 27.7 Å². The molecule has 2 aliphatic heterocycles. The second-order valence-corrected chi connectivity index (χ2v) is 16.2. The van der Waals surface area contributed by atoms with Gasteiger partial charge in [-0.2, -0.15) is 0 Å². The van der Waals surface area contributed by atoms with Crippen molar-refractivity contribution in [2.24, 2.45) is 5.41 Å². The van der Waals surface area contributed by atoms with Crippen molar-refractivity contribution in [3.8, 4) is 0 Å². The molecule has 0 radical (unpaired) electrons. The Labute approximate surface area is 263 Å². The van der Waals surface area contributed by atoms with Gasteiger partial charge in [0.15, 0.2) is 0 Å². The summed E-state index contributed by atoms with van der Waals surface area (Å²) in [7, 11) is -0.412. The first-order valence-corrected chi connectivity index (χ1v) is 15.6. The Hall–Kier alpha value is -2.54. The van der Waals surface area contributed by atoms with Gasteiger partial charge in [-0.1, -0.05) is 33.6 Å². The minimum Gasteiger partial charge on any atom is -0.479 e. The van der Waals surface area contributed by atoms with Gasteiger partial charge in [-0.3, -0.25) is 9.69 Å². The maximum Gasteiger partial charge on any atom is 0.457 e. The molecule has 252 valence electrons. The van der Waals surface area contributed by atoms with Crippen LogP contribution in [0.15, 0.2) is 0 Å². The van der Waals surface area contributed by atoms with Crippen LogP contribution in [0.1, 0.15) is 116 Å². The number of nitrogens with one attached hydrogen (secondary N) is 2. The lowest BCUT2D eigenvalue weighted by atomic mass is 9.80. The van der Waals surface area contributed by atoms with Gasteiger partial charge in [0.05, 0.1) is 11.2 Å². The summed E-state index contributed by atoms with van der Waals surface area (Å²) in [6, 6.07) is -1.67. The van der Waals surface area contributed by atoms with Crippen molar-refractivity contribution in [1.29, 1.82) is 0 Å². The van der Waals surface area contributed by atoms with E-state index in [4.69, 9.17) is 18.8 Å². The molecule has 2 aliphatic rings. The van der Waals surface area contributed by atoms with Gasteiger partial charge in [0.1, 0.15) is 22.8 Å². The van der Waals surface area contributed by atoms with E-state index in [0.29, 0.717) is 19.2 Å². The number of carboxylic acid groups (broad SMARTS) is 1. The molecule has 3 atom stereocenters. The number of carboxylic acids is 1. The predicted octanol–water partition coefficient (Wildman–Crippen LogP) is 5.14. The second-order valence-electron chi connectivity index (χ2n) is 16.2. The fourth-order valence-corrected chi connectivity index (χ4v) is 5.38. The van der Waals surface area contributed by atoms with Gasteiger partial charge in [0.2, 0.25) is 5.91 Å². The third-order valence-electron chi connectivity index (χ3n) is 8.23. The largest absolute Gasteiger partial charge is 0.479 e. The highest BCUT2D eigenvalue weighted by atomic mass is 16.7. The molecule has 0 aromatic rings. The molecule has 0 bridgehead atoms. The first kappa shape index (κ1) is 37.7. The lowest BCUT2D eigenvalue weighted by molar-refractivity contribution is -0.150. The second kappa shape index (κ2) is 13.1. The molecule has 3 amide bonds. The molecule has 2 heterocycles. The van der Waals surface area contributed by atoms with Gasteiger partial charge < -0.3 is 34.5 Å². The molecule has 12 nitrogen and oxygen atoms in total. The van der Waals surface area contributed by atoms with Crippen molar-refractivity contribution in [3.05, 3.63) is 0 Å².